The molecule has 20 rings (SSSR count). The van der Waals surface area contributed by atoms with Gasteiger partial charge >= 0.3 is 0 Å². The number of thiophene rings is 1. The predicted molar refractivity (Wildman–Crippen MR) is 399 cm³/mol. The van der Waals surface area contributed by atoms with E-state index in [2.05, 4.69) is 285 Å². The topological polar surface area (TPSA) is 90.5 Å². The summed E-state index contributed by atoms with van der Waals surface area (Å²) in [5.74, 6) is 3.40. The van der Waals surface area contributed by atoms with E-state index in [1.807, 2.05) is 18.2 Å². The van der Waals surface area contributed by atoms with Crippen molar-refractivity contribution in [1.29, 1.82) is 0 Å². The summed E-state index contributed by atoms with van der Waals surface area (Å²) >= 11 is 1.78. The zero-order chi connectivity index (χ0) is 63.0. The third kappa shape index (κ3) is 8.88. The molecule has 16 aromatic carbocycles. The maximum absolute atomic E-state index is 6.81. The van der Waals surface area contributed by atoms with Gasteiger partial charge in [-0.25, -0.2) is 29.9 Å². The monoisotopic (exact) mass is 1240 g/mol. The van der Waals surface area contributed by atoms with E-state index in [9.17, 15) is 0 Å². The molecule has 444 valence electrons. The number of hydrogen-bond donors (Lipinski definition) is 0. The molecule has 0 radical (unpaired) electrons. The normalized spacial score (nSPS) is 12.0. The Morgan fingerprint density at radius 2 is 0.615 bits per heavy atom. The minimum absolute atomic E-state index is 0.511. The smallest absolute Gasteiger partial charge is 0.167 e. The third-order valence-electron chi connectivity index (χ3n) is 19.3. The lowest BCUT2D eigenvalue weighted by Gasteiger charge is -2.13. The van der Waals surface area contributed by atoms with Gasteiger partial charge in [-0.05, 0) is 152 Å². The standard InChI is InChI=1S/C88H50N6OS/c1-2-14-51(15-3-1)63-47-75-73-22-10-12-24-78(73)95-82(75)77(49-63)88-91-83(89-85(94-88)61-36-38-67-58(45-61)34-42-69-65-20-8-6-17-54(65)32-40-71(67)69)56-29-26-53(27-30-56)64-48-76(81-74-23-11-13-25-79(74)96-80(81)50-64)87-92-84(60-31-28-52-16-4-5-19-57(52)44-60)90-86(93-87)62-37-39-68-59(46-62)35-43-70-66-21-9-7-18-55(66)33-41-72(68)70/h1-50H. The van der Waals surface area contributed by atoms with E-state index in [1.165, 1.54) is 53.2 Å². The van der Waals surface area contributed by atoms with Crippen LogP contribution >= 0.6 is 11.3 Å². The second-order valence-electron chi connectivity index (χ2n) is 24.9. The van der Waals surface area contributed by atoms with E-state index in [-0.39, 0.29) is 0 Å². The van der Waals surface area contributed by atoms with Gasteiger partial charge in [0, 0.05) is 58.8 Å². The van der Waals surface area contributed by atoms with E-state index >= 15 is 0 Å². The van der Waals surface area contributed by atoms with Crippen LogP contribution in [-0.2, 0) is 0 Å². The van der Waals surface area contributed by atoms with Crippen molar-refractivity contribution in [2.45, 2.75) is 0 Å². The van der Waals surface area contributed by atoms with Crippen LogP contribution in [0.1, 0.15) is 0 Å². The molecule has 0 atom stereocenters. The number of rotatable bonds is 8. The largest absolute Gasteiger partial charge is 0.455 e. The number of aromatic nitrogens is 6. The van der Waals surface area contributed by atoms with E-state index < -0.39 is 0 Å². The van der Waals surface area contributed by atoms with Crippen molar-refractivity contribution in [1.82, 2.24) is 29.9 Å². The highest BCUT2D eigenvalue weighted by Gasteiger charge is 2.23. The van der Waals surface area contributed by atoms with Crippen molar-refractivity contribution < 1.29 is 4.42 Å². The van der Waals surface area contributed by atoms with Crippen LogP contribution in [0.25, 0.3) is 208 Å². The van der Waals surface area contributed by atoms with E-state index in [0.717, 1.165) is 114 Å². The first-order chi connectivity index (χ1) is 47.5. The van der Waals surface area contributed by atoms with Gasteiger partial charge in [-0.3, -0.25) is 0 Å². The van der Waals surface area contributed by atoms with Crippen LogP contribution in [-0.4, -0.2) is 29.9 Å². The quantitative estimate of drug-likeness (QED) is 0.140. The van der Waals surface area contributed by atoms with Gasteiger partial charge in [0.05, 0.1) is 5.56 Å². The number of para-hydroxylation sites is 1. The first kappa shape index (κ1) is 54.0. The summed E-state index contributed by atoms with van der Waals surface area (Å²) in [6.07, 6.45) is 0. The zero-order valence-corrected chi connectivity index (χ0v) is 52.2. The van der Waals surface area contributed by atoms with Gasteiger partial charge < -0.3 is 4.42 Å². The molecule has 0 aliphatic carbocycles. The lowest BCUT2D eigenvalue weighted by atomic mass is 9.96. The average Bonchev–Trinajstić information content (AvgIpc) is 1.59. The zero-order valence-electron chi connectivity index (χ0n) is 51.4. The fourth-order valence-corrected chi connectivity index (χ4v) is 15.7. The van der Waals surface area contributed by atoms with Gasteiger partial charge in [-0.1, -0.05) is 249 Å². The Kier molecular flexibility index (Phi) is 12.1. The molecule has 0 bridgehead atoms. The molecule has 4 aromatic heterocycles. The van der Waals surface area contributed by atoms with Gasteiger partial charge in [0.1, 0.15) is 11.2 Å². The second-order valence-corrected chi connectivity index (χ2v) is 26.0. The Labute approximate surface area is 553 Å². The fraction of sp³-hybridized carbons (Fsp3) is 0. The molecule has 0 aliphatic rings. The summed E-state index contributed by atoms with van der Waals surface area (Å²) in [4.78, 5) is 32.6. The van der Waals surface area contributed by atoms with Gasteiger partial charge in [0.25, 0.3) is 0 Å². The van der Waals surface area contributed by atoms with Crippen LogP contribution in [0, 0.1) is 0 Å². The summed E-state index contributed by atoms with van der Waals surface area (Å²) in [7, 11) is 0. The summed E-state index contributed by atoms with van der Waals surface area (Å²) < 4.78 is 9.12. The predicted octanol–water partition coefficient (Wildman–Crippen LogP) is 23.7. The highest BCUT2D eigenvalue weighted by molar-refractivity contribution is 7.26. The molecular formula is C88H50N6OS. The molecule has 0 amide bonds. The van der Waals surface area contributed by atoms with Gasteiger partial charge in [-0.2, -0.15) is 0 Å². The first-order valence-electron chi connectivity index (χ1n) is 32.3. The average molecular weight is 1240 g/mol. The molecule has 0 aliphatic heterocycles. The van der Waals surface area contributed by atoms with Crippen molar-refractivity contribution in [3.05, 3.63) is 303 Å². The van der Waals surface area contributed by atoms with Crippen molar-refractivity contribution >= 4 is 129 Å². The van der Waals surface area contributed by atoms with Crippen molar-refractivity contribution in [2.75, 3.05) is 0 Å². The molecule has 0 N–H and O–H groups in total. The highest BCUT2D eigenvalue weighted by Crippen LogP contribution is 2.45. The summed E-state index contributed by atoms with van der Waals surface area (Å²) in [5, 5.41) is 20.9. The van der Waals surface area contributed by atoms with Crippen LogP contribution in [0.2, 0.25) is 0 Å². The fourth-order valence-electron chi connectivity index (χ4n) is 14.6. The molecule has 0 saturated heterocycles. The van der Waals surface area contributed by atoms with E-state index in [1.54, 1.807) is 11.3 Å². The first-order valence-corrected chi connectivity index (χ1v) is 33.1. The van der Waals surface area contributed by atoms with Gasteiger partial charge in [-0.15, -0.1) is 11.3 Å². The molecule has 20 aromatic rings. The SMILES string of the molecule is c1ccc(-c2cc(-c3nc(-c4ccc(-c5cc(-c6nc(-c7ccc8ccccc8c7)nc(-c7ccc8c(ccc9c%10ccccc%10ccc89)c7)n6)c6c(c5)sc5ccccc56)cc4)nc(-c4ccc5c(ccc6c7ccccc7ccc56)c4)n3)c3oc4ccccc4c3c2)cc1. The number of hydrogen-bond acceptors (Lipinski definition) is 8. The van der Waals surface area contributed by atoms with Gasteiger partial charge in [0.2, 0.25) is 0 Å². The van der Waals surface area contributed by atoms with Crippen LogP contribution in [0.15, 0.2) is 308 Å². The Morgan fingerprint density at radius 3 is 1.25 bits per heavy atom. The number of furan rings is 1. The number of nitrogens with zero attached hydrogens (tertiary/aromatic N) is 6. The van der Waals surface area contributed by atoms with Crippen LogP contribution < -0.4 is 0 Å². The molecule has 96 heavy (non-hydrogen) atoms. The lowest BCUT2D eigenvalue weighted by molar-refractivity contribution is 0.669. The minimum atomic E-state index is 0.511. The number of benzene rings is 16. The molecule has 8 heteroatoms. The molecule has 0 spiro atoms. The van der Waals surface area contributed by atoms with Crippen LogP contribution in [0.3, 0.4) is 0 Å². The molecule has 4 heterocycles. The summed E-state index contributed by atoms with van der Waals surface area (Å²) in [6.45, 7) is 0. The van der Waals surface area contributed by atoms with Crippen molar-refractivity contribution in [3.63, 3.8) is 0 Å². The van der Waals surface area contributed by atoms with E-state index in [4.69, 9.17) is 34.3 Å². The Balaban J connectivity index is 0.750. The molecule has 0 fully saturated rings. The van der Waals surface area contributed by atoms with Crippen LogP contribution in [0.4, 0.5) is 0 Å². The number of fused-ring (bicyclic) bond motifs is 17. The van der Waals surface area contributed by atoms with Crippen molar-refractivity contribution in [3.8, 4) is 90.6 Å². The third-order valence-corrected chi connectivity index (χ3v) is 20.4. The van der Waals surface area contributed by atoms with Crippen molar-refractivity contribution in [2.24, 2.45) is 0 Å². The highest BCUT2D eigenvalue weighted by atomic mass is 32.1. The van der Waals surface area contributed by atoms with Crippen LogP contribution in [0.5, 0.6) is 0 Å². The molecular weight excluding hydrogens is 1190 g/mol. The molecule has 7 nitrogen and oxygen atoms in total. The maximum Gasteiger partial charge on any atom is 0.167 e. The maximum atomic E-state index is 6.81. The van der Waals surface area contributed by atoms with E-state index in [0.29, 0.717) is 40.5 Å². The minimum Gasteiger partial charge on any atom is -0.455 e. The summed E-state index contributed by atoms with van der Waals surface area (Å²) in [5.41, 5.74) is 10.9. The lowest BCUT2D eigenvalue weighted by Crippen LogP contribution is -2.01. The Hall–Kier alpha value is -12.6. The molecule has 0 saturated carbocycles. The van der Waals surface area contributed by atoms with Gasteiger partial charge in [0.15, 0.2) is 34.9 Å². The molecule has 0 unspecified atom stereocenters. The summed E-state index contributed by atoms with van der Waals surface area (Å²) in [6, 6.07) is 108. The Bertz CT molecular complexity index is 6660. The second kappa shape index (κ2) is 21.5. The Morgan fingerprint density at radius 1 is 0.208 bits per heavy atom.